The first kappa shape index (κ1) is 15.9. The van der Waals surface area contributed by atoms with E-state index in [2.05, 4.69) is 24.1 Å². The summed E-state index contributed by atoms with van der Waals surface area (Å²) < 4.78 is 0. The minimum atomic E-state index is -0.0331. The van der Waals surface area contributed by atoms with E-state index in [0.717, 1.165) is 30.6 Å². The third-order valence-electron chi connectivity index (χ3n) is 4.07. The molecule has 1 heterocycles. The number of hydrogen-bond donors (Lipinski definition) is 2. The van der Waals surface area contributed by atoms with Gasteiger partial charge in [0.15, 0.2) is 11.5 Å². The minimum absolute atomic E-state index is 0. The summed E-state index contributed by atoms with van der Waals surface area (Å²) in [5.74, 6) is 0.166. The Kier molecular flexibility index (Phi) is 4.91. The molecule has 0 amide bonds. The molecule has 0 radical (unpaired) electrons. The fourth-order valence-corrected chi connectivity index (χ4v) is 2.96. The van der Waals surface area contributed by atoms with E-state index in [0.29, 0.717) is 0 Å². The summed E-state index contributed by atoms with van der Waals surface area (Å²) in [6.45, 7) is 1.88. The second-order valence-corrected chi connectivity index (χ2v) is 5.52. The number of aromatic hydroxyl groups is 2. The van der Waals surface area contributed by atoms with Crippen LogP contribution in [0.25, 0.3) is 0 Å². The first-order valence-corrected chi connectivity index (χ1v) is 6.93. The summed E-state index contributed by atoms with van der Waals surface area (Å²) in [5, 5.41) is 19.6. The monoisotopic (exact) mass is 348 g/mol. The molecule has 0 bridgehead atoms. The van der Waals surface area contributed by atoms with E-state index in [-0.39, 0.29) is 34.4 Å². The van der Waals surface area contributed by atoms with E-state index in [1.807, 2.05) is 18.2 Å². The van der Waals surface area contributed by atoms with Crippen molar-refractivity contribution in [2.45, 2.75) is 12.3 Å². The molecule has 1 atom stereocenters. The van der Waals surface area contributed by atoms with Gasteiger partial charge >= 0.3 is 0 Å². The van der Waals surface area contributed by atoms with Crippen molar-refractivity contribution in [1.29, 1.82) is 0 Å². The Labute approximate surface area is 135 Å². The van der Waals surface area contributed by atoms with Gasteiger partial charge in [0.1, 0.15) is 0 Å². The largest absolute Gasteiger partial charge is 1.00 e. The first-order chi connectivity index (χ1) is 9.65. The van der Waals surface area contributed by atoms with Crippen LogP contribution in [0.4, 0.5) is 0 Å². The number of phenolic OH excluding ortho intramolecular Hbond substituents is 2. The van der Waals surface area contributed by atoms with Crippen LogP contribution in [0.5, 0.6) is 11.5 Å². The fraction of sp³-hybridized carbons (Fsp3) is 0.294. The molecule has 2 aromatic rings. The van der Waals surface area contributed by atoms with E-state index in [9.17, 15) is 10.2 Å². The Morgan fingerprint density at radius 3 is 2.43 bits per heavy atom. The smallest absolute Gasteiger partial charge is 0.157 e. The van der Waals surface area contributed by atoms with Crippen LogP contribution < -0.4 is 17.0 Å². The van der Waals surface area contributed by atoms with E-state index in [1.165, 1.54) is 5.56 Å². The Balaban J connectivity index is 0.00000161. The summed E-state index contributed by atoms with van der Waals surface area (Å²) in [5.41, 5.74) is 3.49. The van der Waals surface area contributed by atoms with Crippen molar-refractivity contribution in [3.63, 3.8) is 0 Å². The lowest BCUT2D eigenvalue weighted by atomic mass is 9.87. The maximum atomic E-state index is 9.83. The number of halogens is 1. The molecule has 0 saturated carbocycles. The van der Waals surface area contributed by atoms with Crippen LogP contribution in [0.3, 0.4) is 0 Å². The fourth-order valence-electron chi connectivity index (χ4n) is 2.96. The van der Waals surface area contributed by atoms with Gasteiger partial charge in [0.05, 0.1) is 0 Å². The maximum Gasteiger partial charge on any atom is 0.157 e. The van der Waals surface area contributed by atoms with Gasteiger partial charge in [-0.3, -0.25) is 0 Å². The van der Waals surface area contributed by atoms with Crippen molar-refractivity contribution < 1.29 is 27.2 Å². The molecule has 0 aliphatic carbocycles. The van der Waals surface area contributed by atoms with Gasteiger partial charge in [-0.15, -0.1) is 0 Å². The van der Waals surface area contributed by atoms with Crippen molar-refractivity contribution in [2.24, 2.45) is 0 Å². The molecule has 2 aromatic carbocycles. The highest BCUT2D eigenvalue weighted by molar-refractivity contribution is 5.50. The number of hydrogen-bond acceptors (Lipinski definition) is 3. The van der Waals surface area contributed by atoms with Gasteiger partial charge in [-0.05, 0) is 42.3 Å². The lowest BCUT2D eigenvalue weighted by molar-refractivity contribution is -0.00000583. The van der Waals surface area contributed by atoms with Gasteiger partial charge < -0.3 is 32.1 Å². The van der Waals surface area contributed by atoms with Crippen molar-refractivity contribution in [3.8, 4) is 11.5 Å². The molecule has 0 spiro atoms. The Morgan fingerprint density at radius 1 is 1.05 bits per heavy atom. The van der Waals surface area contributed by atoms with E-state index in [4.69, 9.17) is 0 Å². The lowest BCUT2D eigenvalue weighted by Crippen LogP contribution is -3.00. The molecule has 1 aliphatic rings. The number of rotatable bonds is 1. The average molecular weight is 349 g/mol. The van der Waals surface area contributed by atoms with Crippen molar-refractivity contribution >= 4 is 0 Å². The highest BCUT2D eigenvalue weighted by atomic mass is 79.9. The molecule has 2 N–H and O–H groups in total. The van der Waals surface area contributed by atoms with E-state index in [1.54, 1.807) is 12.1 Å². The number of nitrogens with zero attached hydrogens (tertiary/aromatic N) is 1. The van der Waals surface area contributed by atoms with Gasteiger partial charge in [0.2, 0.25) is 0 Å². The zero-order valence-corrected chi connectivity index (χ0v) is 13.5. The van der Waals surface area contributed by atoms with Crippen molar-refractivity contribution in [1.82, 2.24) is 4.90 Å². The van der Waals surface area contributed by atoms with E-state index >= 15 is 0 Å². The zero-order chi connectivity index (χ0) is 14.1. The van der Waals surface area contributed by atoms with Crippen LogP contribution in [0.15, 0.2) is 42.5 Å². The molecule has 0 saturated heterocycles. The SMILES string of the molecule is CN1CCc2cc(O)c(O)cc2C(c2ccccc2)C1.[Br-]. The number of benzene rings is 2. The topological polar surface area (TPSA) is 43.7 Å². The number of fused-ring (bicyclic) bond motifs is 1. The zero-order valence-electron chi connectivity index (χ0n) is 12.0. The molecule has 4 heteroatoms. The minimum Gasteiger partial charge on any atom is -1.00 e. The summed E-state index contributed by atoms with van der Waals surface area (Å²) >= 11 is 0. The van der Waals surface area contributed by atoms with Gasteiger partial charge in [-0.2, -0.15) is 0 Å². The molecule has 112 valence electrons. The maximum absolute atomic E-state index is 9.83. The highest BCUT2D eigenvalue weighted by Gasteiger charge is 2.24. The summed E-state index contributed by atoms with van der Waals surface area (Å²) in [6, 6.07) is 13.8. The summed E-state index contributed by atoms with van der Waals surface area (Å²) in [4.78, 5) is 2.30. The normalized spacial score (nSPS) is 18.4. The summed E-state index contributed by atoms with van der Waals surface area (Å²) in [6.07, 6.45) is 0.892. The van der Waals surface area contributed by atoms with E-state index < -0.39 is 0 Å². The van der Waals surface area contributed by atoms with Crippen molar-refractivity contribution in [3.05, 3.63) is 59.2 Å². The van der Waals surface area contributed by atoms with Crippen LogP contribution in [-0.4, -0.2) is 35.3 Å². The number of likely N-dealkylation sites (N-methyl/N-ethyl adjacent to an activating group) is 1. The van der Waals surface area contributed by atoms with Crippen LogP contribution in [-0.2, 0) is 6.42 Å². The predicted octanol–water partition coefficient (Wildman–Crippen LogP) is -0.278. The van der Waals surface area contributed by atoms with Crippen LogP contribution in [0, 0.1) is 0 Å². The Hall–Kier alpha value is -1.52. The average Bonchev–Trinajstić information content (AvgIpc) is 2.61. The predicted molar refractivity (Wildman–Crippen MR) is 79.3 cm³/mol. The highest BCUT2D eigenvalue weighted by Crippen LogP contribution is 2.37. The standard InChI is InChI=1S/C17H19NO2.BrH/c1-18-8-7-13-9-16(19)17(20)10-14(13)15(11-18)12-5-3-2-4-6-12;/h2-6,9-10,15,19-20H,7-8,11H2,1H3;1H/p-1. The molecular formula is C17H19BrNO2-. The van der Waals surface area contributed by atoms with Crippen LogP contribution >= 0.6 is 0 Å². The van der Waals surface area contributed by atoms with Crippen LogP contribution in [0.1, 0.15) is 22.6 Å². The molecule has 3 rings (SSSR count). The molecule has 0 fully saturated rings. The van der Waals surface area contributed by atoms with Gasteiger partial charge in [0.25, 0.3) is 0 Å². The quantitative estimate of drug-likeness (QED) is 0.697. The lowest BCUT2D eigenvalue weighted by Gasteiger charge is -2.22. The molecular weight excluding hydrogens is 330 g/mol. The first-order valence-electron chi connectivity index (χ1n) is 6.93. The van der Waals surface area contributed by atoms with Crippen LogP contribution in [0.2, 0.25) is 0 Å². The van der Waals surface area contributed by atoms with Gasteiger partial charge in [-0.25, -0.2) is 0 Å². The molecule has 3 nitrogen and oxygen atoms in total. The molecule has 1 unspecified atom stereocenters. The third-order valence-corrected chi connectivity index (χ3v) is 4.07. The second kappa shape index (κ2) is 6.50. The number of phenols is 2. The third kappa shape index (κ3) is 3.22. The molecule has 1 aliphatic heterocycles. The summed E-state index contributed by atoms with van der Waals surface area (Å²) in [7, 11) is 2.11. The Bertz CT molecular complexity index is 616. The molecule has 21 heavy (non-hydrogen) atoms. The second-order valence-electron chi connectivity index (χ2n) is 5.52. The van der Waals surface area contributed by atoms with Crippen molar-refractivity contribution in [2.75, 3.05) is 20.1 Å². The van der Waals surface area contributed by atoms with Gasteiger partial charge in [-0.1, -0.05) is 30.3 Å². The Morgan fingerprint density at radius 2 is 1.71 bits per heavy atom. The molecule has 0 aromatic heterocycles. The van der Waals surface area contributed by atoms with Gasteiger partial charge in [0, 0.05) is 19.0 Å².